The highest BCUT2D eigenvalue weighted by molar-refractivity contribution is 5.95. The van der Waals surface area contributed by atoms with E-state index in [1.54, 1.807) is 7.11 Å². The van der Waals surface area contributed by atoms with Crippen LogP contribution in [0.2, 0.25) is 0 Å². The highest BCUT2D eigenvalue weighted by Crippen LogP contribution is 2.12. The van der Waals surface area contributed by atoms with Gasteiger partial charge in [-0.2, -0.15) is 0 Å². The Morgan fingerprint density at radius 2 is 2.05 bits per heavy atom. The summed E-state index contributed by atoms with van der Waals surface area (Å²) < 4.78 is 4.81. The third-order valence-electron chi connectivity index (χ3n) is 3.29. The van der Waals surface area contributed by atoms with Gasteiger partial charge in [0, 0.05) is 20.2 Å². The minimum Gasteiger partial charge on any atom is -0.383 e. The number of rotatable bonds is 7. The zero-order valence-corrected chi connectivity index (χ0v) is 12.4. The number of urea groups is 1. The summed E-state index contributed by atoms with van der Waals surface area (Å²) in [5, 5.41) is 8.17. The fraction of sp³-hybridized carbons (Fsp3) is 0.846. The molecule has 1 rings (SSSR count). The second-order valence-corrected chi connectivity index (χ2v) is 5.19. The molecule has 7 nitrogen and oxygen atoms in total. The Morgan fingerprint density at radius 3 is 2.70 bits per heavy atom. The summed E-state index contributed by atoms with van der Waals surface area (Å²) in [6.07, 6.45) is 2.28. The van der Waals surface area contributed by atoms with Crippen molar-refractivity contribution in [3.63, 3.8) is 0 Å². The van der Waals surface area contributed by atoms with Crippen LogP contribution in [0.4, 0.5) is 4.79 Å². The fourth-order valence-corrected chi connectivity index (χ4v) is 2.29. The molecule has 1 heterocycles. The molecule has 0 atom stereocenters. The predicted molar refractivity (Wildman–Crippen MR) is 76.5 cm³/mol. The van der Waals surface area contributed by atoms with Crippen molar-refractivity contribution in [2.75, 3.05) is 53.5 Å². The van der Waals surface area contributed by atoms with Gasteiger partial charge in [-0.25, -0.2) is 4.79 Å². The molecule has 0 spiro atoms. The molecule has 0 aliphatic carbocycles. The number of nitrogens with zero attached hydrogens (tertiary/aromatic N) is 1. The van der Waals surface area contributed by atoms with Gasteiger partial charge in [0.25, 0.3) is 0 Å². The maximum atomic E-state index is 11.7. The Kier molecular flexibility index (Phi) is 8.17. The summed E-state index contributed by atoms with van der Waals surface area (Å²) in [5.74, 6) is 0.348. The van der Waals surface area contributed by atoms with Crippen LogP contribution in [0.5, 0.6) is 0 Å². The van der Waals surface area contributed by atoms with Crippen LogP contribution in [0.15, 0.2) is 0 Å². The van der Waals surface area contributed by atoms with Gasteiger partial charge >= 0.3 is 6.03 Å². The van der Waals surface area contributed by atoms with E-state index in [0.717, 1.165) is 32.5 Å². The predicted octanol–water partition coefficient (Wildman–Crippen LogP) is -0.610. The van der Waals surface area contributed by atoms with E-state index in [1.165, 1.54) is 0 Å². The largest absolute Gasteiger partial charge is 0.383 e. The molecule has 0 aromatic carbocycles. The molecular weight excluding hydrogens is 260 g/mol. The van der Waals surface area contributed by atoms with Crippen LogP contribution < -0.4 is 16.0 Å². The summed E-state index contributed by atoms with van der Waals surface area (Å²) in [7, 11) is 3.46. The van der Waals surface area contributed by atoms with Crippen LogP contribution in [0.1, 0.15) is 12.8 Å². The molecule has 20 heavy (non-hydrogen) atoms. The van der Waals surface area contributed by atoms with E-state index >= 15 is 0 Å². The van der Waals surface area contributed by atoms with E-state index in [1.807, 2.05) is 11.9 Å². The van der Waals surface area contributed by atoms with Gasteiger partial charge < -0.3 is 15.4 Å². The van der Waals surface area contributed by atoms with Crippen LogP contribution in [-0.4, -0.2) is 70.3 Å². The molecule has 7 heteroatoms. The van der Waals surface area contributed by atoms with Crippen LogP contribution in [0.3, 0.4) is 0 Å². The Hall–Kier alpha value is -1.18. The SMILES string of the molecule is COCCNC(=O)NC(=O)CN(C)CC1CCNCC1. The number of methoxy groups -OCH3 is 1. The summed E-state index contributed by atoms with van der Waals surface area (Å²) in [5.41, 5.74) is 0. The van der Waals surface area contributed by atoms with Crippen LogP contribution in [-0.2, 0) is 9.53 Å². The standard InChI is InChI=1S/C13H26N4O3/c1-17(9-11-3-5-14-6-4-11)10-12(18)16-13(19)15-7-8-20-2/h11,14H,3-10H2,1-2H3,(H2,15,16,18,19). The molecule has 0 bridgehead atoms. The number of imide groups is 1. The van der Waals surface area contributed by atoms with Gasteiger partial charge in [-0.3, -0.25) is 15.0 Å². The number of ether oxygens (including phenoxy) is 1. The Morgan fingerprint density at radius 1 is 1.35 bits per heavy atom. The lowest BCUT2D eigenvalue weighted by atomic mass is 9.98. The van der Waals surface area contributed by atoms with Crippen molar-refractivity contribution >= 4 is 11.9 Å². The third-order valence-corrected chi connectivity index (χ3v) is 3.29. The first kappa shape index (κ1) is 16.9. The van der Waals surface area contributed by atoms with E-state index in [0.29, 0.717) is 19.1 Å². The van der Waals surface area contributed by atoms with Crippen LogP contribution >= 0.6 is 0 Å². The van der Waals surface area contributed by atoms with Gasteiger partial charge in [0.2, 0.25) is 5.91 Å². The molecule has 1 saturated heterocycles. The smallest absolute Gasteiger partial charge is 0.321 e. The van der Waals surface area contributed by atoms with Crippen molar-refractivity contribution in [1.29, 1.82) is 0 Å². The lowest BCUT2D eigenvalue weighted by Gasteiger charge is -2.27. The minimum absolute atomic E-state index is 0.238. The molecular formula is C13H26N4O3. The zero-order chi connectivity index (χ0) is 14.8. The number of hydrogen-bond acceptors (Lipinski definition) is 5. The van der Waals surface area contributed by atoms with Crippen molar-refractivity contribution in [2.24, 2.45) is 5.92 Å². The van der Waals surface area contributed by atoms with E-state index in [2.05, 4.69) is 16.0 Å². The first-order valence-corrected chi connectivity index (χ1v) is 7.07. The first-order valence-electron chi connectivity index (χ1n) is 7.07. The third kappa shape index (κ3) is 7.42. The van der Waals surface area contributed by atoms with Gasteiger partial charge in [-0.05, 0) is 38.9 Å². The highest BCUT2D eigenvalue weighted by Gasteiger charge is 2.17. The zero-order valence-electron chi connectivity index (χ0n) is 12.4. The molecule has 3 N–H and O–H groups in total. The summed E-state index contributed by atoms with van der Waals surface area (Å²) in [6.45, 7) is 4.04. The summed E-state index contributed by atoms with van der Waals surface area (Å²) in [6, 6.07) is -0.470. The Balaban J connectivity index is 2.15. The quantitative estimate of drug-likeness (QED) is 0.544. The molecule has 1 aliphatic rings. The monoisotopic (exact) mass is 286 g/mol. The lowest BCUT2D eigenvalue weighted by Crippen LogP contribution is -2.45. The highest BCUT2D eigenvalue weighted by atomic mass is 16.5. The number of hydrogen-bond donors (Lipinski definition) is 3. The number of carbonyl (C=O) groups is 2. The summed E-state index contributed by atoms with van der Waals surface area (Å²) in [4.78, 5) is 25.0. The first-order chi connectivity index (χ1) is 9.61. The second-order valence-electron chi connectivity index (χ2n) is 5.19. The molecule has 0 radical (unpaired) electrons. The van der Waals surface area contributed by atoms with E-state index < -0.39 is 6.03 Å². The molecule has 116 valence electrons. The second kappa shape index (κ2) is 9.68. The average molecular weight is 286 g/mol. The number of piperidine rings is 1. The molecule has 1 aliphatic heterocycles. The van der Waals surface area contributed by atoms with Gasteiger partial charge in [-0.15, -0.1) is 0 Å². The molecule has 0 aromatic heterocycles. The van der Waals surface area contributed by atoms with Crippen molar-refractivity contribution in [2.45, 2.75) is 12.8 Å². The molecule has 3 amide bonds. The normalized spacial score (nSPS) is 16.1. The molecule has 0 saturated carbocycles. The van der Waals surface area contributed by atoms with Crippen LogP contribution in [0, 0.1) is 5.92 Å². The van der Waals surface area contributed by atoms with Crippen molar-refractivity contribution in [3.05, 3.63) is 0 Å². The lowest BCUT2D eigenvalue weighted by molar-refractivity contribution is -0.121. The Bertz CT molecular complexity index is 306. The average Bonchev–Trinajstić information content (AvgIpc) is 2.39. The van der Waals surface area contributed by atoms with E-state index in [4.69, 9.17) is 4.74 Å². The Labute approximate surface area is 120 Å². The minimum atomic E-state index is -0.470. The van der Waals surface area contributed by atoms with Gasteiger partial charge in [-0.1, -0.05) is 0 Å². The number of carbonyl (C=O) groups excluding carboxylic acids is 2. The van der Waals surface area contributed by atoms with Crippen LogP contribution in [0.25, 0.3) is 0 Å². The molecule has 1 fully saturated rings. The van der Waals surface area contributed by atoms with Crippen molar-refractivity contribution in [1.82, 2.24) is 20.9 Å². The molecule has 0 aromatic rings. The fourth-order valence-electron chi connectivity index (χ4n) is 2.29. The van der Waals surface area contributed by atoms with Crippen molar-refractivity contribution < 1.29 is 14.3 Å². The van der Waals surface area contributed by atoms with Gasteiger partial charge in [0.1, 0.15) is 0 Å². The topological polar surface area (TPSA) is 82.7 Å². The van der Waals surface area contributed by atoms with Gasteiger partial charge in [0.05, 0.1) is 13.2 Å². The number of nitrogens with one attached hydrogen (secondary N) is 3. The summed E-state index contributed by atoms with van der Waals surface area (Å²) >= 11 is 0. The van der Waals surface area contributed by atoms with E-state index in [9.17, 15) is 9.59 Å². The van der Waals surface area contributed by atoms with Crippen molar-refractivity contribution in [3.8, 4) is 0 Å². The number of amides is 3. The maximum Gasteiger partial charge on any atom is 0.321 e. The van der Waals surface area contributed by atoms with Gasteiger partial charge in [0.15, 0.2) is 0 Å². The maximum absolute atomic E-state index is 11.7. The molecule has 0 unspecified atom stereocenters. The number of likely N-dealkylation sites (N-methyl/N-ethyl adjacent to an activating group) is 1. The van der Waals surface area contributed by atoms with E-state index in [-0.39, 0.29) is 12.5 Å².